The average molecular weight is 333 g/mol. The van der Waals surface area contributed by atoms with Gasteiger partial charge < -0.3 is 0 Å². The molecule has 2 rings (SSSR count). The minimum atomic E-state index is -4.86. The first kappa shape index (κ1) is 16.4. The van der Waals surface area contributed by atoms with Gasteiger partial charge in [0, 0.05) is 12.6 Å². The van der Waals surface area contributed by atoms with Crippen molar-refractivity contribution in [2.75, 3.05) is 6.54 Å². The predicted molar refractivity (Wildman–Crippen MR) is 67.9 cm³/mol. The lowest BCUT2D eigenvalue weighted by atomic mass is 9.79. The highest BCUT2D eigenvalue weighted by molar-refractivity contribution is 8.10. The van der Waals surface area contributed by atoms with E-state index in [4.69, 9.17) is 5.26 Å². The fourth-order valence-electron chi connectivity index (χ4n) is 3.11. The smallest absolute Gasteiger partial charge is 0.220 e. The van der Waals surface area contributed by atoms with Gasteiger partial charge in [0.15, 0.2) is 0 Å². The molecule has 2 atom stereocenters. The topological polar surface area (TPSA) is 76.1 Å². The molecule has 1 aliphatic carbocycles. The summed E-state index contributed by atoms with van der Waals surface area (Å²) in [6.45, 7) is 0.0969. The highest BCUT2D eigenvalue weighted by Gasteiger charge is 2.55. The Morgan fingerprint density at radius 3 is 2.55 bits per heavy atom. The quantitative estimate of drug-likeness (QED) is 0.473. The summed E-state index contributed by atoms with van der Waals surface area (Å²) < 4.78 is 52.0. The highest BCUT2D eigenvalue weighted by Crippen LogP contribution is 2.43. The van der Waals surface area contributed by atoms with Crippen LogP contribution in [0.5, 0.6) is 0 Å². The molecular formula is C10H17F2NO5S2. The molecule has 0 aromatic carbocycles. The third-order valence-corrected chi connectivity index (χ3v) is 6.79. The molecule has 0 amide bonds. The Morgan fingerprint density at radius 1 is 1.20 bits per heavy atom. The van der Waals surface area contributed by atoms with Gasteiger partial charge in [-0.3, -0.25) is 0 Å². The molecule has 0 spiro atoms. The lowest BCUT2D eigenvalue weighted by Gasteiger charge is -2.43. The number of hydrogen-bond acceptors (Lipinski definition) is 6. The molecule has 20 heavy (non-hydrogen) atoms. The Morgan fingerprint density at radius 2 is 1.85 bits per heavy atom. The Balaban J connectivity index is 2.18. The summed E-state index contributed by atoms with van der Waals surface area (Å²) in [5, 5.41) is 11.0. The van der Waals surface area contributed by atoms with Gasteiger partial charge >= 0.3 is 4.59 Å². The second kappa shape index (κ2) is 6.41. The molecule has 1 heterocycles. The summed E-state index contributed by atoms with van der Waals surface area (Å²) in [5.74, 6) is 0.156. The zero-order valence-corrected chi connectivity index (χ0v) is 12.3. The van der Waals surface area contributed by atoms with Crippen LogP contribution in [0.4, 0.5) is 8.78 Å². The number of nitrogens with zero attached hydrogens (tertiary/aromatic N) is 1. The van der Waals surface area contributed by atoms with Crippen molar-refractivity contribution in [2.45, 2.75) is 49.2 Å². The number of fused-ring (bicyclic) bond motifs is 1. The van der Waals surface area contributed by atoms with Crippen LogP contribution in [0.3, 0.4) is 0 Å². The van der Waals surface area contributed by atoms with Gasteiger partial charge in [-0.15, -0.1) is 4.33 Å². The first-order valence-corrected chi connectivity index (χ1v) is 8.63. The number of rotatable bonds is 5. The normalized spacial score (nSPS) is 29.1. The number of sulfonamides is 1. The van der Waals surface area contributed by atoms with E-state index in [0.717, 1.165) is 30.0 Å². The van der Waals surface area contributed by atoms with E-state index < -0.39 is 26.7 Å². The van der Waals surface area contributed by atoms with Gasteiger partial charge in [-0.05, 0) is 31.6 Å². The van der Waals surface area contributed by atoms with E-state index in [2.05, 4.69) is 9.37 Å². The number of alkyl halides is 2. The monoisotopic (exact) mass is 333 g/mol. The number of halogens is 2. The van der Waals surface area contributed by atoms with Gasteiger partial charge in [0.05, 0.1) is 0 Å². The van der Waals surface area contributed by atoms with Crippen LogP contribution in [0.2, 0.25) is 0 Å². The zero-order valence-electron chi connectivity index (χ0n) is 10.7. The van der Waals surface area contributed by atoms with Crippen LogP contribution in [0, 0.1) is 5.92 Å². The molecule has 0 bridgehead atoms. The van der Waals surface area contributed by atoms with Crippen molar-refractivity contribution in [3.05, 3.63) is 0 Å². The number of hydrogen-bond donors (Lipinski definition) is 1. The van der Waals surface area contributed by atoms with E-state index in [0.29, 0.717) is 12.8 Å². The third kappa shape index (κ3) is 3.09. The van der Waals surface area contributed by atoms with Gasteiger partial charge in [0.2, 0.25) is 0 Å². The fourth-order valence-corrected chi connectivity index (χ4v) is 5.21. The molecule has 6 nitrogen and oxygen atoms in total. The molecule has 10 heteroatoms. The third-order valence-electron chi connectivity index (χ3n) is 3.96. The van der Waals surface area contributed by atoms with Crippen molar-refractivity contribution in [1.29, 1.82) is 0 Å². The highest BCUT2D eigenvalue weighted by atomic mass is 32.3. The Bertz CT molecular complexity index is 431. The van der Waals surface area contributed by atoms with Gasteiger partial charge in [-0.2, -0.15) is 13.1 Å². The maximum atomic E-state index is 13.7. The van der Waals surface area contributed by atoms with Crippen molar-refractivity contribution in [1.82, 2.24) is 4.31 Å². The van der Waals surface area contributed by atoms with Crippen molar-refractivity contribution in [2.24, 2.45) is 5.92 Å². The molecule has 2 unspecified atom stereocenters. The molecule has 1 N–H and O–H groups in total. The van der Waals surface area contributed by atoms with Crippen LogP contribution in [0.1, 0.15) is 38.5 Å². The minimum absolute atomic E-state index is 0.0969. The summed E-state index contributed by atoms with van der Waals surface area (Å²) >= 11 is -0.717. The summed E-state index contributed by atoms with van der Waals surface area (Å²) in [4.78, 5) is 0. The lowest BCUT2D eigenvalue weighted by molar-refractivity contribution is -0.433. The van der Waals surface area contributed by atoms with Crippen LogP contribution in [0.25, 0.3) is 0 Å². The Kier molecular flexibility index (Phi) is 5.24. The molecule has 118 valence electrons. The molecule has 0 aromatic rings. The first-order chi connectivity index (χ1) is 9.40. The molecule has 2 aliphatic rings. The van der Waals surface area contributed by atoms with Gasteiger partial charge in [0.1, 0.15) is 12.0 Å². The Labute approximate surface area is 120 Å². The van der Waals surface area contributed by atoms with Crippen molar-refractivity contribution in [3.63, 3.8) is 0 Å². The second-order valence-corrected chi connectivity index (χ2v) is 8.06. The van der Waals surface area contributed by atoms with E-state index in [1.807, 2.05) is 0 Å². The SMILES string of the molecule is O=S(=O)(N1CCCC2CCCCC21)C(F)(F)SOOO. The second-order valence-electron chi connectivity index (χ2n) is 5.06. The first-order valence-electron chi connectivity index (χ1n) is 6.45. The van der Waals surface area contributed by atoms with Crippen LogP contribution in [-0.2, 0) is 19.4 Å². The molecule has 2 fully saturated rings. The molecule has 1 aliphatic heterocycles. The van der Waals surface area contributed by atoms with Gasteiger partial charge in [0.25, 0.3) is 10.0 Å². The molecular weight excluding hydrogens is 316 g/mol. The summed E-state index contributed by atoms with van der Waals surface area (Å²) in [6.07, 6.45) is 4.82. The van der Waals surface area contributed by atoms with Crippen LogP contribution in [0.15, 0.2) is 0 Å². The largest absolute Gasteiger partial charge is 0.433 e. The molecule has 1 saturated carbocycles. The predicted octanol–water partition coefficient (Wildman–Crippen LogP) is 2.59. The maximum absolute atomic E-state index is 13.7. The van der Waals surface area contributed by atoms with E-state index in [9.17, 15) is 17.2 Å². The van der Waals surface area contributed by atoms with Crippen LogP contribution < -0.4 is 0 Å². The van der Waals surface area contributed by atoms with Crippen molar-refractivity contribution in [3.8, 4) is 0 Å². The van der Waals surface area contributed by atoms with Crippen LogP contribution >= 0.6 is 12.0 Å². The van der Waals surface area contributed by atoms with Crippen molar-refractivity contribution < 1.29 is 31.8 Å². The van der Waals surface area contributed by atoms with Crippen molar-refractivity contribution >= 4 is 22.1 Å². The van der Waals surface area contributed by atoms with Gasteiger partial charge in [-0.1, -0.05) is 17.9 Å². The summed E-state index contributed by atoms with van der Waals surface area (Å²) in [6, 6.07) is -0.357. The Hall–Kier alpha value is -0.0000000000000000971. The zero-order chi connectivity index (χ0) is 14.8. The molecule has 0 radical (unpaired) electrons. The minimum Gasteiger partial charge on any atom is -0.220 e. The van der Waals surface area contributed by atoms with E-state index >= 15 is 0 Å². The van der Waals surface area contributed by atoms with Crippen LogP contribution in [-0.4, -0.2) is 35.2 Å². The van der Waals surface area contributed by atoms with E-state index in [-0.39, 0.29) is 18.5 Å². The van der Waals surface area contributed by atoms with E-state index in [1.165, 1.54) is 0 Å². The molecule has 0 aromatic heterocycles. The summed E-state index contributed by atoms with van der Waals surface area (Å²) in [5.41, 5.74) is 0. The molecule has 1 saturated heterocycles. The standard InChI is InChI=1S/C10H17F2NO5S2/c11-10(12,19-18-17-14)20(15,16)13-7-3-5-8-4-1-2-6-9(8)13/h8-9,14H,1-7H2. The van der Waals surface area contributed by atoms with Gasteiger partial charge in [-0.25, -0.2) is 13.7 Å². The maximum Gasteiger partial charge on any atom is 0.433 e. The lowest BCUT2D eigenvalue weighted by Crippen LogP contribution is -2.53. The average Bonchev–Trinajstić information content (AvgIpc) is 2.44. The number of piperidine rings is 1. The summed E-state index contributed by atoms with van der Waals surface area (Å²) in [7, 11) is -4.86. The fraction of sp³-hybridized carbons (Fsp3) is 1.00. The van der Waals surface area contributed by atoms with E-state index in [1.54, 1.807) is 0 Å².